The molecule has 0 unspecified atom stereocenters. The predicted molar refractivity (Wildman–Crippen MR) is 52.5 cm³/mol. The first kappa shape index (κ1) is 11.5. The molecule has 1 aliphatic rings. The summed E-state index contributed by atoms with van der Waals surface area (Å²) in [6.07, 6.45) is 1.36. The van der Waals surface area contributed by atoms with Gasteiger partial charge in [0.05, 0.1) is 19.4 Å². The third-order valence-corrected chi connectivity index (χ3v) is 1.68. The first-order valence-electron chi connectivity index (χ1n) is 4.45. The van der Waals surface area contributed by atoms with E-state index < -0.39 is 19.1 Å². The van der Waals surface area contributed by atoms with Gasteiger partial charge in [0, 0.05) is 0 Å². The zero-order valence-electron chi connectivity index (χ0n) is 8.14. The van der Waals surface area contributed by atoms with E-state index in [0.717, 1.165) is 0 Å². The van der Waals surface area contributed by atoms with Gasteiger partial charge in [-0.1, -0.05) is 18.2 Å². The van der Waals surface area contributed by atoms with Gasteiger partial charge in [-0.15, -0.1) is 0 Å². The van der Waals surface area contributed by atoms with Gasteiger partial charge in [0.15, 0.2) is 0 Å². The van der Waals surface area contributed by atoms with Crippen LogP contribution in [0.15, 0.2) is 24.2 Å². The van der Waals surface area contributed by atoms with Crippen LogP contribution in [0.1, 0.15) is 12.8 Å². The minimum absolute atomic E-state index is 0.0125. The van der Waals surface area contributed by atoms with Gasteiger partial charge in [-0.05, 0) is 5.98 Å². The molecule has 1 heterocycles. The fourth-order valence-electron chi connectivity index (χ4n) is 1.09. The molecule has 0 aromatic carbocycles. The second-order valence-electron chi connectivity index (χ2n) is 3.06. The molecule has 0 radical (unpaired) electrons. The number of hydrogen-bond acceptors (Lipinski definition) is 5. The second-order valence-corrected chi connectivity index (χ2v) is 3.06. The number of carbonyl (C=O) groups excluding carboxylic acids is 2. The quantitative estimate of drug-likeness (QED) is 0.512. The molecule has 1 saturated heterocycles. The van der Waals surface area contributed by atoms with Crippen molar-refractivity contribution in [3.63, 3.8) is 0 Å². The van der Waals surface area contributed by atoms with Gasteiger partial charge in [0.1, 0.15) is 0 Å². The van der Waals surface area contributed by atoms with Crippen LogP contribution in [0.5, 0.6) is 0 Å². The Morgan fingerprint density at radius 3 is 2.33 bits per heavy atom. The Morgan fingerprint density at radius 1 is 1.33 bits per heavy atom. The van der Waals surface area contributed by atoms with E-state index in [1.54, 1.807) is 0 Å². The third-order valence-electron chi connectivity index (χ3n) is 1.68. The van der Waals surface area contributed by atoms with E-state index >= 15 is 0 Å². The second kappa shape index (κ2) is 5.36. The number of aliphatic hydroxyl groups is 1. The minimum atomic E-state index is -1.05. The van der Waals surface area contributed by atoms with Crippen LogP contribution in [0, 0.1) is 0 Å². The first-order valence-corrected chi connectivity index (χ1v) is 4.45. The van der Waals surface area contributed by atoms with E-state index in [9.17, 15) is 9.59 Å². The summed E-state index contributed by atoms with van der Waals surface area (Å²) in [6.45, 7) is 3.33. The first-order chi connectivity index (χ1) is 7.11. The Labute approximate surface area is 87.5 Å². The summed E-state index contributed by atoms with van der Waals surface area (Å²) in [6, 6.07) is 0. The van der Waals surface area contributed by atoms with Crippen molar-refractivity contribution in [1.29, 1.82) is 0 Å². The number of carbonyl (C=O) groups is 2. The number of hydrogen-bond donors (Lipinski definition) is 1. The lowest BCUT2D eigenvalue weighted by Crippen LogP contribution is -2.30. The zero-order valence-corrected chi connectivity index (χ0v) is 8.14. The van der Waals surface area contributed by atoms with Gasteiger partial charge >= 0.3 is 7.12 Å². The fraction of sp³-hybridized carbons (Fsp3) is 0.333. The largest absolute Gasteiger partial charge is 0.628 e. The van der Waals surface area contributed by atoms with Crippen LogP contribution in [-0.2, 0) is 18.9 Å². The summed E-state index contributed by atoms with van der Waals surface area (Å²) in [5.74, 6) is 0.310. The Balaban J connectivity index is 2.65. The molecule has 0 aromatic heterocycles. The van der Waals surface area contributed by atoms with E-state index in [4.69, 9.17) is 14.4 Å². The van der Waals surface area contributed by atoms with Gasteiger partial charge < -0.3 is 14.4 Å². The molecule has 1 rings (SSSR count). The van der Waals surface area contributed by atoms with E-state index in [-0.39, 0.29) is 19.4 Å². The van der Waals surface area contributed by atoms with E-state index in [1.807, 2.05) is 0 Å². The van der Waals surface area contributed by atoms with Gasteiger partial charge in [-0.2, -0.15) is 0 Å². The topological polar surface area (TPSA) is 72.8 Å². The molecule has 80 valence electrons. The Kier molecular flexibility index (Phi) is 4.11. The van der Waals surface area contributed by atoms with Crippen LogP contribution in [-0.4, -0.2) is 30.8 Å². The van der Waals surface area contributed by atoms with Crippen LogP contribution >= 0.6 is 0 Å². The summed E-state index contributed by atoms with van der Waals surface area (Å²) in [5.41, 5.74) is 0.467. The van der Waals surface area contributed by atoms with Crippen LogP contribution in [0.4, 0.5) is 0 Å². The maximum Gasteiger partial charge on any atom is 0.628 e. The lowest BCUT2D eigenvalue weighted by molar-refractivity contribution is -0.140. The molecule has 0 saturated carbocycles. The van der Waals surface area contributed by atoms with Crippen molar-refractivity contribution in [3.8, 4) is 0 Å². The highest BCUT2D eigenvalue weighted by molar-refractivity contribution is 6.54. The molecule has 1 fully saturated rings. The van der Waals surface area contributed by atoms with Crippen molar-refractivity contribution in [3.05, 3.63) is 24.2 Å². The van der Waals surface area contributed by atoms with E-state index in [2.05, 4.69) is 6.58 Å². The van der Waals surface area contributed by atoms with Crippen LogP contribution in [0.3, 0.4) is 0 Å². The van der Waals surface area contributed by atoms with Crippen LogP contribution in [0.2, 0.25) is 0 Å². The third kappa shape index (κ3) is 3.99. The predicted octanol–water partition coefficient (Wildman–Crippen LogP) is -0.00130. The summed E-state index contributed by atoms with van der Waals surface area (Å²) in [7, 11) is -1.05. The zero-order chi connectivity index (χ0) is 11.3. The van der Waals surface area contributed by atoms with Gasteiger partial charge in [-0.3, -0.25) is 9.59 Å². The summed E-state index contributed by atoms with van der Waals surface area (Å²) in [4.78, 5) is 22.3. The van der Waals surface area contributed by atoms with E-state index in [1.165, 1.54) is 12.1 Å². The molecule has 1 aliphatic heterocycles. The molecule has 1 N–H and O–H groups in total. The molecule has 5 nitrogen and oxygen atoms in total. The maximum atomic E-state index is 11.2. The van der Waals surface area contributed by atoms with E-state index in [0.29, 0.717) is 5.57 Å². The lowest BCUT2D eigenvalue weighted by Gasteiger charge is -2.15. The summed E-state index contributed by atoms with van der Waals surface area (Å²) >= 11 is 0. The molecule has 0 aliphatic carbocycles. The molecule has 0 atom stereocenters. The molecule has 0 amide bonds. The van der Waals surface area contributed by atoms with Crippen molar-refractivity contribution in [2.24, 2.45) is 0 Å². The summed E-state index contributed by atoms with van der Waals surface area (Å²) < 4.78 is 9.59. The fourth-order valence-corrected chi connectivity index (χ4v) is 1.09. The highest BCUT2D eigenvalue weighted by Crippen LogP contribution is 2.12. The van der Waals surface area contributed by atoms with Crippen molar-refractivity contribution < 1.29 is 24.0 Å². The van der Waals surface area contributed by atoms with Gasteiger partial charge in [0.2, 0.25) is 0 Å². The standard InChI is InChI=1S/C9H11BO5/c1-7-5-8(12)14-10(3-2-4-11)15-9(13)6-7/h2-3,11H,1,4-6H2/b3-2+. The molecular weight excluding hydrogens is 199 g/mol. The highest BCUT2D eigenvalue weighted by atomic mass is 16.6. The van der Waals surface area contributed by atoms with Crippen molar-refractivity contribution in [2.45, 2.75) is 12.8 Å². The SMILES string of the molecule is C=C1CC(=O)OB(/C=C/CO)OC(=O)C1. The van der Waals surface area contributed by atoms with Crippen molar-refractivity contribution in [1.82, 2.24) is 0 Å². The molecule has 0 bridgehead atoms. The molecule has 0 spiro atoms. The minimum Gasteiger partial charge on any atom is -0.495 e. The van der Waals surface area contributed by atoms with Gasteiger partial charge in [-0.25, -0.2) is 0 Å². The van der Waals surface area contributed by atoms with Crippen LogP contribution < -0.4 is 0 Å². The number of rotatable bonds is 2. The van der Waals surface area contributed by atoms with Crippen molar-refractivity contribution >= 4 is 19.1 Å². The van der Waals surface area contributed by atoms with Gasteiger partial charge in [0.25, 0.3) is 11.9 Å². The lowest BCUT2D eigenvalue weighted by atomic mass is 9.88. The Hall–Kier alpha value is -1.56. The Morgan fingerprint density at radius 2 is 1.87 bits per heavy atom. The summed E-state index contributed by atoms with van der Waals surface area (Å²) in [5, 5.41) is 8.51. The van der Waals surface area contributed by atoms with Crippen LogP contribution in [0.25, 0.3) is 0 Å². The molecule has 15 heavy (non-hydrogen) atoms. The Bertz CT molecular complexity index is 288. The monoisotopic (exact) mass is 210 g/mol. The molecule has 6 heteroatoms. The highest BCUT2D eigenvalue weighted by Gasteiger charge is 2.28. The average molecular weight is 210 g/mol. The van der Waals surface area contributed by atoms with Crippen molar-refractivity contribution in [2.75, 3.05) is 6.61 Å². The number of aliphatic hydroxyl groups excluding tert-OH is 1. The average Bonchev–Trinajstić information content (AvgIpc) is 2.11. The maximum absolute atomic E-state index is 11.2. The smallest absolute Gasteiger partial charge is 0.495 e. The molecule has 0 aromatic rings. The normalized spacial score (nSPS) is 18.5. The molecular formula is C9H11BO5.